The van der Waals surface area contributed by atoms with Crippen LogP contribution < -0.4 is 5.32 Å². The van der Waals surface area contributed by atoms with Gasteiger partial charge in [0, 0.05) is 18.8 Å². The third-order valence-electron chi connectivity index (χ3n) is 3.10. The predicted molar refractivity (Wildman–Crippen MR) is 74.5 cm³/mol. The Balaban J connectivity index is 1.84. The number of carbonyl (C=O) groups is 1. The molecule has 0 bridgehead atoms. The first-order valence-electron chi connectivity index (χ1n) is 6.30. The fraction of sp³-hybridized carbons (Fsp3) is 0.538. The molecule has 5 heteroatoms. The third kappa shape index (κ3) is 3.78. The van der Waals surface area contributed by atoms with E-state index in [2.05, 4.69) is 31.1 Å². The summed E-state index contributed by atoms with van der Waals surface area (Å²) in [7, 11) is 0. The summed E-state index contributed by atoms with van der Waals surface area (Å²) in [6, 6.07) is 3.72. The van der Waals surface area contributed by atoms with E-state index in [0.29, 0.717) is 5.56 Å². The fourth-order valence-electron chi connectivity index (χ4n) is 2.22. The lowest BCUT2D eigenvalue weighted by atomic mass is 10.2. The van der Waals surface area contributed by atoms with Crippen molar-refractivity contribution in [2.24, 2.45) is 0 Å². The van der Waals surface area contributed by atoms with Crippen LogP contribution in [0.2, 0.25) is 0 Å². The molecule has 1 saturated heterocycles. The Morgan fingerprint density at radius 2 is 2.22 bits per heavy atom. The Labute approximate surface area is 116 Å². The van der Waals surface area contributed by atoms with Crippen LogP contribution in [0.5, 0.6) is 0 Å². The number of nitrogens with one attached hydrogen (secondary N) is 1. The van der Waals surface area contributed by atoms with E-state index in [1.165, 1.54) is 12.8 Å². The lowest BCUT2D eigenvalue weighted by molar-refractivity contribution is 0.0931. The van der Waals surface area contributed by atoms with E-state index < -0.39 is 0 Å². The summed E-state index contributed by atoms with van der Waals surface area (Å²) in [5.74, 6) is -0.0540. The number of nitrogens with zero attached hydrogens (tertiary/aromatic N) is 2. The zero-order chi connectivity index (χ0) is 13.0. The Hall–Kier alpha value is -0.940. The number of aromatic nitrogens is 1. The topological polar surface area (TPSA) is 45.2 Å². The Kier molecular flexibility index (Phi) is 4.72. The van der Waals surface area contributed by atoms with Crippen LogP contribution in [-0.2, 0) is 0 Å². The van der Waals surface area contributed by atoms with Gasteiger partial charge in [0.1, 0.15) is 4.60 Å². The average molecular weight is 312 g/mol. The predicted octanol–water partition coefficient (Wildman–Crippen LogP) is 2.06. The van der Waals surface area contributed by atoms with Crippen LogP contribution in [0.4, 0.5) is 0 Å². The first-order chi connectivity index (χ1) is 8.65. The number of carbonyl (C=O) groups excluding carboxylic acids is 1. The van der Waals surface area contributed by atoms with Gasteiger partial charge in [-0.25, -0.2) is 4.98 Å². The van der Waals surface area contributed by atoms with E-state index in [9.17, 15) is 4.79 Å². The van der Waals surface area contributed by atoms with Gasteiger partial charge < -0.3 is 10.2 Å². The monoisotopic (exact) mass is 311 g/mol. The van der Waals surface area contributed by atoms with E-state index in [0.717, 1.165) is 24.2 Å². The van der Waals surface area contributed by atoms with Crippen LogP contribution in [0.1, 0.15) is 30.1 Å². The largest absolute Gasteiger partial charge is 0.348 e. The first-order valence-corrected chi connectivity index (χ1v) is 7.09. The molecule has 0 aromatic carbocycles. The Morgan fingerprint density at radius 1 is 1.50 bits per heavy atom. The lowest BCUT2D eigenvalue weighted by Gasteiger charge is -2.21. The van der Waals surface area contributed by atoms with Crippen LogP contribution in [-0.4, -0.2) is 41.5 Å². The molecule has 1 amide bonds. The minimum absolute atomic E-state index is 0.0540. The number of halogens is 1. The molecule has 1 fully saturated rings. The van der Waals surface area contributed by atoms with Crippen LogP contribution in [0.3, 0.4) is 0 Å². The molecule has 0 saturated carbocycles. The van der Waals surface area contributed by atoms with Crippen molar-refractivity contribution in [1.29, 1.82) is 0 Å². The first kappa shape index (κ1) is 13.5. The highest BCUT2D eigenvalue weighted by Gasteiger charge is 2.16. The van der Waals surface area contributed by atoms with Crippen LogP contribution in [0.15, 0.2) is 22.9 Å². The molecule has 0 spiro atoms. The van der Waals surface area contributed by atoms with Crippen molar-refractivity contribution in [2.75, 3.05) is 19.6 Å². The highest BCUT2D eigenvalue weighted by molar-refractivity contribution is 9.10. The second-order valence-electron chi connectivity index (χ2n) is 4.75. The standard InChI is InChI=1S/C13H18BrN3O/c1-10(9-17-6-2-3-7-17)16-13(18)11-4-5-12(14)15-8-11/h4-5,8,10H,2-3,6-7,9H2,1H3,(H,16,18). The number of hydrogen-bond acceptors (Lipinski definition) is 3. The maximum absolute atomic E-state index is 12.0. The van der Waals surface area contributed by atoms with Crippen molar-refractivity contribution in [3.8, 4) is 0 Å². The smallest absolute Gasteiger partial charge is 0.253 e. The zero-order valence-electron chi connectivity index (χ0n) is 10.5. The molecule has 0 radical (unpaired) electrons. The second-order valence-corrected chi connectivity index (χ2v) is 5.56. The van der Waals surface area contributed by atoms with Gasteiger partial charge in [-0.2, -0.15) is 0 Å². The SMILES string of the molecule is CC(CN1CCCC1)NC(=O)c1ccc(Br)nc1. The van der Waals surface area contributed by atoms with Gasteiger partial charge >= 0.3 is 0 Å². The van der Waals surface area contributed by atoms with E-state index in [4.69, 9.17) is 0 Å². The molecule has 1 aliphatic rings. The summed E-state index contributed by atoms with van der Waals surface area (Å²) < 4.78 is 0.740. The molecule has 1 atom stereocenters. The number of rotatable bonds is 4. The average Bonchev–Trinajstić information content (AvgIpc) is 2.82. The molecule has 1 aromatic heterocycles. The van der Waals surface area contributed by atoms with Gasteiger partial charge in [0.25, 0.3) is 5.91 Å². The molecule has 4 nitrogen and oxygen atoms in total. The molecule has 1 aromatic rings. The summed E-state index contributed by atoms with van der Waals surface area (Å²) in [4.78, 5) is 18.4. The van der Waals surface area contributed by atoms with E-state index in [1.807, 2.05) is 6.92 Å². The van der Waals surface area contributed by atoms with Crippen LogP contribution in [0.25, 0.3) is 0 Å². The third-order valence-corrected chi connectivity index (χ3v) is 3.57. The number of pyridine rings is 1. The van der Waals surface area contributed by atoms with Gasteiger partial charge in [0.2, 0.25) is 0 Å². The van der Waals surface area contributed by atoms with Crippen molar-refractivity contribution in [3.05, 3.63) is 28.5 Å². The molecule has 1 unspecified atom stereocenters. The second kappa shape index (κ2) is 6.29. The van der Waals surface area contributed by atoms with Crippen LogP contribution >= 0.6 is 15.9 Å². The molecular weight excluding hydrogens is 294 g/mol. The fourth-order valence-corrected chi connectivity index (χ4v) is 2.45. The molecule has 98 valence electrons. The molecule has 0 aliphatic carbocycles. The van der Waals surface area contributed by atoms with E-state index >= 15 is 0 Å². The number of amides is 1. The molecular formula is C13H18BrN3O. The number of hydrogen-bond donors (Lipinski definition) is 1. The lowest BCUT2D eigenvalue weighted by Crippen LogP contribution is -2.41. The van der Waals surface area contributed by atoms with Gasteiger partial charge in [-0.05, 0) is 60.9 Å². The van der Waals surface area contributed by atoms with Gasteiger partial charge in [0.05, 0.1) is 5.56 Å². The molecule has 1 aliphatic heterocycles. The van der Waals surface area contributed by atoms with Crippen molar-refractivity contribution in [1.82, 2.24) is 15.2 Å². The van der Waals surface area contributed by atoms with Crippen molar-refractivity contribution < 1.29 is 4.79 Å². The molecule has 2 heterocycles. The summed E-state index contributed by atoms with van der Waals surface area (Å²) in [5, 5.41) is 3.01. The quantitative estimate of drug-likeness (QED) is 0.866. The maximum atomic E-state index is 12.0. The van der Waals surface area contributed by atoms with Crippen molar-refractivity contribution in [3.63, 3.8) is 0 Å². The van der Waals surface area contributed by atoms with Crippen LogP contribution in [0, 0.1) is 0 Å². The Morgan fingerprint density at radius 3 is 2.83 bits per heavy atom. The highest BCUT2D eigenvalue weighted by Crippen LogP contribution is 2.09. The van der Waals surface area contributed by atoms with Crippen molar-refractivity contribution >= 4 is 21.8 Å². The van der Waals surface area contributed by atoms with Gasteiger partial charge in [-0.15, -0.1) is 0 Å². The normalized spacial score (nSPS) is 17.7. The minimum atomic E-state index is -0.0540. The van der Waals surface area contributed by atoms with Gasteiger partial charge in [-0.3, -0.25) is 4.79 Å². The zero-order valence-corrected chi connectivity index (χ0v) is 12.1. The van der Waals surface area contributed by atoms with Crippen molar-refractivity contribution in [2.45, 2.75) is 25.8 Å². The maximum Gasteiger partial charge on any atom is 0.253 e. The van der Waals surface area contributed by atoms with Gasteiger partial charge in [-0.1, -0.05) is 0 Å². The number of likely N-dealkylation sites (tertiary alicyclic amines) is 1. The summed E-state index contributed by atoms with van der Waals surface area (Å²) >= 11 is 3.25. The van der Waals surface area contributed by atoms with E-state index in [-0.39, 0.29) is 11.9 Å². The minimum Gasteiger partial charge on any atom is -0.348 e. The molecule has 1 N–H and O–H groups in total. The summed E-state index contributed by atoms with van der Waals surface area (Å²) in [5.41, 5.74) is 0.603. The Bertz CT molecular complexity index is 401. The summed E-state index contributed by atoms with van der Waals surface area (Å²) in [6.45, 7) is 5.28. The molecule has 2 rings (SSSR count). The highest BCUT2D eigenvalue weighted by atomic mass is 79.9. The summed E-state index contributed by atoms with van der Waals surface area (Å²) in [6.07, 6.45) is 4.14. The van der Waals surface area contributed by atoms with E-state index in [1.54, 1.807) is 18.3 Å². The molecule has 18 heavy (non-hydrogen) atoms. The van der Waals surface area contributed by atoms with Gasteiger partial charge in [0.15, 0.2) is 0 Å².